The summed E-state index contributed by atoms with van der Waals surface area (Å²) in [5.74, 6) is -1.65. The van der Waals surface area contributed by atoms with Gasteiger partial charge in [-0.25, -0.2) is 17.2 Å². The molecular formula is C17H18F2N2O3S. The molecule has 5 nitrogen and oxygen atoms in total. The van der Waals surface area contributed by atoms with Crippen LogP contribution >= 0.6 is 0 Å². The number of halogens is 2. The fourth-order valence-electron chi connectivity index (χ4n) is 2.44. The molecule has 0 fully saturated rings. The van der Waals surface area contributed by atoms with Crippen LogP contribution in [0.25, 0.3) is 0 Å². The number of carbonyl (C=O) groups is 1. The van der Waals surface area contributed by atoms with E-state index in [1.165, 1.54) is 30.3 Å². The van der Waals surface area contributed by atoms with Crippen LogP contribution < -0.4 is 9.62 Å². The van der Waals surface area contributed by atoms with E-state index in [0.717, 1.165) is 28.8 Å². The molecule has 0 saturated heterocycles. The molecule has 0 aromatic heterocycles. The van der Waals surface area contributed by atoms with Crippen LogP contribution in [0.1, 0.15) is 13.3 Å². The highest BCUT2D eigenvalue weighted by Gasteiger charge is 2.31. The average molecular weight is 368 g/mol. The number of hydrogen-bond acceptors (Lipinski definition) is 3. The molecule has 25 heavy (non-hydrogen) atoms. The van der Waals surface area contributed by atoms with Crippen molar-refractivity contribution < 1.29 is 22.0 Å². The maximum Gasteiger partial charge on any atom is 0.248 e. The minimum Gasteiger partial charge on any atom is -0.324 e. The lowest BCUT2D eigenvalue weighted by atomic mass is 10.1. The highest BCUT2D eigenvalue weighted by Crippen LogP contribution is 2.23. The van der Waals surface area contributed by atoms with Crippen molar-refractivity contribution in [1.29, 1.82) is 0 Å². The van der Waals surface area contributed by atoms with Crippen LogP contribution in [0.3, 0.4) is 0 Å². The maximum atomic E-state index is 13.3. The van der Waals surface area contributed by atoms with Gasteiger partial charge in [0, 0.05) is 5.69 Å². The molecule has 2 aromatic rings. The standard InChI is InChI=1S/C17H18F2N2O3S/c1-3-16(17(22)20-14-6-4-5-13(19)11-14)21(25(2,23)24)15-9-7-12(18)8-10-15/h4-11,16H,3H2,1-2H3,(H,20,22)/t16-/m0/s1. The van der Waals surface area contributed by atoms with Crippen molar-refractivity contribution in [3.05, 3.63) is 60.2 Å². The van der Waals surface area contributed by atoms with E-state index >= 15 is 0 Å². The van der Waals surface area contributed by atoms with Gasteiger partial charge in [-0.3, -0.25) is 9.10 Å². The molecule has 0 heterocycles. The summed E-state index contributed by atoms with van der Waals surface area (Å²) >= 11 is 0. The van der Waals surface area contributed by atoms with Gasteiger partial charge in [0.1, 0.15) is 17.7 Å². The summed E-state index contributed by atoms with van der Waals surface area (Å²) in [6.07, 6.45) is 1.14. The van der Waals surface area contributed by atoms with Crippen LogP contribution in [0.15, 0.2) is 48.5 Å². The summed E-state index contributed by atoms with van der Waals surface area (Å²) in [6, 6.07) is 9.03. The average Bonchev–Trinajstić information content (AvgIpc) is 2.52. The van der Waals surface area contributed by atoms with E-state index in [9.17, 15) is 22.0 Å². The first kappa shape index (κ1) is 18.9. The molecule has 0 aliphatic carbocycles. The summed E-state index contributed by atoms with van der Waals surface area (Å²) in [5, 5.41) is 2.51. The van der Waals surface area contributed by atoms with Crippen LogP contribution in [0.4, 0.5) is 20.2 Å². The van der Waals surface area contributed by atoms with Crippen molar-refractivity contribution >= 4 is 27.3 Å². The minimum absolute atomic E-state index is 0.171. The number of benzene rings is 2. The van der Waals surface area contributed by atoms with Crippen molar-refractivity contribution in [3.8, 4) is 0 Å². The Kier molecular flexibility index (Phi) is 5.73. The predicted molar refractivity (Wildman–Crippen MR) is 92.8 cm³/mol. The number of rotatable bonds is 6. The van der Waals surface area contributed by atoms with Crippen LogP contribution in [-0.4, -0.2) is 26.6 Å². The third-order valence-corrected chi connectivity index (χ3v) is 4.68. The van der Waals surface area contributed by atoms with Gasteiger partial charge in [0.25, 0.3) is 0 Å². The van der Waals surface area contributed by atoms with Gasteiger partial charge in [0.05, 0.1) is 11.9 Å². The summed E-state index contributed by atoms with van der Waals surface area (Å²) in [5.41, 5.74) is 0.390. The second kappa shape index (κ2) is 7.60. The molecule has 0 spiro atoms. The largest absolute Gasteiger partial charge is 0.324 e. The summed E-state index contributed by atoms with van der Waals surface area (Å²) in [6.45, 7) is 1.65. The molecule has 2 rings (SSSR count). The highest BCUT2D eigenvalue weighted by molar-refractivity contribution is 7.92. The van der Waals surface area contributed by atoms with E-state index in [-0.39, 0.29) is 17.8 Å². The molecule has 0 aliphatic rings. The Morgan fingerprint density at radius 3 is 2.28 bits per heavy atom. The molecule has 0 bridgehead atoms. The van der Waals surface area contributed by atoms with E-state index < -0.39 is 33.6 Å². The van der Waals surface area contributed by atoms with Gasteiger partial charge < -0.3 is 5.32 Å². The van der Waals surface area contributed by atoms with Crippen molar-refractivity contribution in [2.75, 3.05) is 15.9 Å². The normalized spacial score (nSPS) is 12.5. The third kappa shape index (κ3) is 4.76. The molecule has 8 heteroatoms. The highest BCUT2D eigenvalue weighted by atomic mass is 32.2. The second-order valence-corrected chi connectivity index (χ2v) is 7.32. The lowest BCUT2D eigenvalue weighted by molar-refractivity contribution is -0.117. The summed E-state index contributed by atoms with van der Waals surface area (Å²) in [4.78, 5) is 12.6. The van der Waals surface area contributed by atoms with Gasteiger partial charge in [0.15, 0.2) is 0 Å². The van der Waals surface area contributed by atoms with Crippen LogP contribution in [0.5, 0.6) is 0 Å². The molecule has 134 valence electrons. The minimum atomic E-state index is -3.81. The van der Waals surface area contributed by atoms with Crippen LogP contribution in [0, 0.1) is 11.6 Å². The monoisotopic (exact) mass is 368 g/mol. The topological polar surface area (TPSA) is 66.5 Å². The van der Waals surface area contributed by atoms with Gasteiger partial charge in [-0.2, -0.15) is 0 Å². The fraction of sp³-hybridized carbons (Fsp3) is 0.235. The second-order valence-electron chi connectivity index (χ2n) is 5.46. The zero-order valence-corrected chi connectivity index (χ0v) is 14.6. The Morgan fingerprint density at radius 2 is 1.76 bits per heavy atom. The van der Waals surface area contributed by atoms with Crippen molar-refractivity contribution in [2.24, 2.45) is 0 Å². The number of hydrogen-bond donors (Lipinski definition) is 1. The molecule has 0 unspecified atom stereocenters. The van der Waals surface area contributed by atoms with E-state index in [1.807, 2.05) is 0 Å². The van der Waals surface area contributed by atoms with Crippen molar-refractivity contribution in [2.45, 2.75) is 19.4 Å². The first-order valence-corrected chi connectivity index (χ1v) is 9.38. The van der Waals surface area contributed by atoms with Crippen LogP contribution in [-0.2, 0) is 14.8 Å². The third-order valence-electron chi connectivity index (χ3n) is 3.50. The lowest BCUT2D eigenvalue weighted by Gasteiger charge is -2.30. The first-order valence-electron chi connectivity index (χ1n) is 7.53. The Hall–Kier alpha value is -2.48. The van der Waals surface area contributed by atoms with Gasteiger partial charge >= 0.3 is 0 Å². The Bertz CT molecular complexity index is 854. The quantitative estimate of drug-likeness (QED) is 0.852. The van der Waals surface area contributed by atoms with Gasteiger partial charge in [-0.1, -0.05) is 13.0 Å². The number of anilines is 2. The van der Waals surface area contributed by atoms with Crippen LogP contribution in [0.2, 0.25) is 0 Å². The zero-order chi connectivity index (χ0) is 18.6. The van der Waals surface area contributed by atoms with Crippen molar-refractivity contribution in [3.63, 3.8) is 0 Å². The fourth-order valence-corrected chi connectivity index (χ4v) is 3.65. The summed E-state index contributed by atoms with van der Waals surface area (Å²) in [7, 11) is -3.81. The molecule has 0 radical (unpaired) electrons. The molecule has 0 aliphatic heterocycles. The smallest absolute Gasteiger partial charge is 0.248 e. The van der Waals surface area contributed by atoms with E-state index in [0.29, 0.717) is 0 Å². The lowest BCUT2D eigenvalue weighted by Crippen LogP contribution is -2.47. The number of nitrogens with zero attached hydrogens (tertiary/aromatic N) is 1. The number of amides is 1. The summed E-state index contributed by atoms with van der Waals surface area (Å²) < 4.78 is 51.8. The maximum absolute atomic E-state index is 13.3. The molecule has 1 amide bonds. The molecule has 1 N–H and O–H groups in total. The van der Waals surface area contributed by atoms with Gasteiger partial charge in [-0.05, 0) is 48.9 Å². The first-order chi connectivity index (χ1) is 11.7. The molecule has 2 aromatic carbocycles. The van der Waals surface area contributed by atoms with Gasteiger partial charge in [0.2, 0.25) is 15.9 Å². The van der Waals surface area contributed by atoms with E-state index in [4.69, 9.17) is 0 Å². The Labute approximate surface area is 145 Å². The number of carbonyl (C=O) groups excluding carboxylic acids is 1. The number of sulfonamides is 1. The number of nitrogens with one attached hydrogen (secondary N) is 1. The SMILES string of the molecule is CC[C@@H](C(=O)Nc1cccc(F)c1)N(c1ccc(F)cc1)S(C)(=O)=O. The van der Waals surface area contributed by atoms with E-state index in [1.54, 1.807) is 6.92 Å². The molecular weight excluding hydrogens is 350 g/mol. The predicted octanol–water partition coefficient (Wildman–Crippen LogP) is 3.15. The van der Waals surface area contributed by atoms with E-state index in [2.05, 4.69) is 5.32 Å². The zero-order valence-electron chi connectivity index (χ0n) is 13.7. The molecule has 1 atom stereocenters. The Morgan fingerprint density at radius 1 is 1.12 bits per heavy atom. The van der Waals surface area contributed by atoms with Crippen molar-refractivity contribution in [1.82, 2.24) is 0 Å². The van der Waals surface area contributed by atoms with Gasteiger partial charge in [-0.15, -0.1) is 0 Å². The Balaban J connectivity index is 2.36. The molecule has 0 saturated carbocycles.